The molecule has 1 saturated heterocycles. The summed E-state index contributed by atoms with van der Waals surface area (Å²) >= 11 is 0. The van der Waals surface area contributed by atoms with Crippen LogP contribution in [0.15, 0.2) is 0 Å². The van der Waals surface area contributed by atoms with Gasteiger partial charge in [0, 0.05) is 13.0 Å². The van der Waals surface area contributed by atoms with Crippen LogP contribution in [0, 0.1) is 23.7 Å². The van der Waals surface area contributed by atoms with Crippen LogP contribution < -0.4 is 5.32 Å². The van der Waals surface area contributed by atoms with Crippen molar-refractivity contribution in [3.05, 3.63) is 0 Å². The van der Waals surface area contributed by atoms with Gasteiger partial charge in [-0.2, -0.15) is 0 Å². The van der Waals surface area contributed by atoms with E-state index in [1.807, 2.05) is 0 Å². The molecule has 2 heteroatoms. The van der Waals surface area contributed by atoms with Gasteiger partial charge in [0.05, 0.1) is 0 Å². The second-order valence-corrected chi connectivity index (χ2v) is 5.69. The molecule has 1 saturated carbocycles. The minimum atomic E-state index is 0.269. The fourth-order valence-corrected chi connectivity index (χ4v) is 3.24. The van der Waals surface area contributed by atoms with Crippen molar-refractivity contribution in [1.29, 1.82) is 0 Å². The average molecular weight is 209 g/mol. The van der Waals surface area contributed by atoms with Crippen molar-refractivity contribution in [2.45, 2.75) is 46.0 Å². The molecule has 1 aliphatic carbocycles. The first kappa shape index (κ1) is 11.0. The number of hydrogen-bond acceptors (Lipinski definition) is 1. The molecule has 0 spiro atoms. The summed E-state index contributed by atoms with van der Waals surface area (Å²) in [5, 5.41) is 2.96. The molecule has 1 amide bonds. The largest absolute Gasteiger partial charge is 0.356 e. The maximum absolute atomic E-state index is 11.2. The van der Waals surface area contributed by atoms with Crippen molar-refractivity contribution in [1.82, 2.24) is 5.32 Å². The number of hydrogen-bond donors (Lipinski definition) is 1. The van der Waals surface area contributed by atoms with Crippen LogP contribution in [-0.2, 0) is 4.79 Å². The molecule has 0 unspecified atom stereocenters. The van der Waals surface area contributed by atoms with Crippen LogP contribution >= 0.6 is 0 Å². The topological polar surface area (TPSA) is 29.1 Å². The number of nitrogens with one attached hydrogen (secondary N) is 1. The molecule has 2 nitrogen and oxygen atoms in total. The Labute approximate surface area is 92.8 Å². The van der Waals surface area contributed by atoms with E-state index < -0.39 is 0 Å². The van der Waals surface area contributed by atoms with Gasteiger partial charge in [0.25, 0.3) is 0 Å². The van der Waals surface area contributed by atoms with E-state index in [9.17, 15) is 4.79 Å². The Kier molecular flexibility index (Phi) is 3.32. The van der Waals surface area contributed by atoms with Crippen LogP contribution in [0.5, 0.6) is 0 Å². The van der Waals surface area contributed by atoms with E-state index in [-0.39, 0.29) is 5.91 Å². The highest BCUT2D eigenvalue weighted by Crippen LogP contribution is 2.38. The number of amides is 1. The zero-order valence-electron chi connectivity index (χ0n) is 9.96. The predicted octanol–water partition coefficient (Wildman–Crippen LogP) is 2.58. The third kappa shape index (κ3) is 2.53. The van der Waals surface area contributed by atoms with Crippen LogP contribution in [-0.4, -0.2) is 12.5 Å². The van der Waals surface area contributed by atoms with Gasteiger partial charge >= 0.3 is 0 Å². The van der Waals surface area contributed by atoms with Gasteiger partial charge in [-0.3, -0.25) is 4.79 Å². The van der Waals surface area contributed by atoms with Gasteiger partial charge in [0.1, 0.15) is 0 Å². The summed E-state index contributed by atoms with van der Waals surface area (Å²) < 4.78 is 0. The summed E-state index contributed by atoms with van der Waals surface area (Å²) in [7, 11) is 0. The molecule has 2 aliphatic rings. The predicted molar refractivity (Wildman–Crippen MR) is 61.4 cm³/mol. The Morgan fingerprint density at radius 2 is 1.80 bits per heavy atom. The first-order chi connectivity index (χ1) is 7.16. The third-order valence-electron chi connectivity index (χ3n) is 4.43. The Balaban J connectivity index is 1.80. The maximum atomic E-state index is 11.2. The smallest absolute Gasteiger partial charge is 0.220 e. The molecule has 1 N–H and O–H groups in total. The standard InChI is InChI=1S/C13H23NO/c1-9(2)10-3-5-11(6-4-10)12-7-13(15)14-8-12/h9-12H,3-8H2,1-2H3,(H,14,15)/t10?,11?,12-/m0/s1. The first-order valence-electron chi connectivity index (χ1n) is 6.43. The van der Waals surface area contributed by atoms with Gasteiger partial charge < -0.3 is 5.32 Å². The van der Waals surface area contributed by atoms with Crippen LogP contribution in [0.1, 0.15) is 46.0 Å². The van der Waals surface area contributed by atoms with E-state index in [2.05, 4.69) is 19.2 Å². The Bertz CT molecular complexity index is 229. The minimum Gasteiger partial charge on any atom is -0.356 e. The molecule has 1 heterocycles. The quantitative estimate of drug-likeness (QED) is 0.744. The van der Waals surface area contributed by atoms with Crippen molar-refractivity contribution < 1.29 is 4.79 Å². The van der Waals surface area contributed by atoms with E-state index in [0.29, 0.717) is 5.92 Å². The fourth-order valence-electron chi connectivity index (χ4n) is 3.24. The van der Waals surface area contributed by atoms with E-state index in [0.717, 1.165) is 30.7 Å². The SMILES string of the molecule is CC(C)C1CCC([C@@H]2CNC(=O)C2)CC1. The summed E-state index contributed by atoms with van der Waals surface area (Å²) in [6, 6.07) is 0. The fraction of sp³-hybridized carbons (Fsp3) is 0.923. The summed E-state index contributed by atoms with van der Waals surface area (Å²) in [6.07, 6.45) is 6.25. The van der Waals surface area contributed by atoms with Crippen LogP contribution in [0.2, 0.25) is 0 Å². The lowest BCUT2D eigenvalue weighted by molar-refractivity contribution is -0.119. The highest BCUT2D eigenvalue weighted by atomic mass is 16.1. The van der Waals surface area contributed by atoms with E-state index in [4.69, 9.17) is 0 Å². The number of rotatable bonds is 2. The van der Waals surface area contributed by atoms with Gasteiger partial charge in [-0.1, -0.05) is 13.8 Å². The minimum absolute atomic E-state index is 0.269. The lowest BCUT2D eigenvalue weighted by atomic mass is 9.72. The Morgan fingerprint density at radius 1 is 1.13 bits per heavy atom. The molecule has 1 aliphatic heterocycles. The van der Waals surface area contributed by atoms with Crippen molar-refractivity contribution in [2.75, 3.05) is 6.54 Å². The Morgan fingerprint density at radius 3 is 2.27 bits per heavy atom. The van der Waals surface area contributed by atoms with Crippen molar-refractivity contribution in [3.8, 4) is 0 Å². The molecular formula is C13H23NO. The normalized spacial score (nSPS) is 37.0. The van der Waals surface area contributed by atoms with E-state index in [1.165, 1.54) is 25.7 Å². The Hall–Kier alpha value is -0.530. The summed E-state index contributed by atoms with van der Waals surface area (Å²) in [5.74, 6) is 3.51. The van der Waals surface area contributed by atoms with Crippen molar-refractivity contribution in [2.24, 2.45) is 23.7 Å². The highest BCUT2D eigenvalue weighted by Gasteiger charge is 2.32. The zero-order chi connectivity index (χ0) is 10.8. The van der Waals surface area contributed by atoms with Crippen molar-refractivity contribution >= 4 is 5.91 Å². The molecule has 15 heavy (non-hydrogen) atoms. The summed E-state index contributed by atoms with van der Waals surface area (Å²) in [5.41, 5.74) is 0. The van der Waals surface area contributed by atoms with Gasteiger partial charge in [-0.25, -0.2) is 0 Å². The lowest BCUT2D eigenvalue weighted by Crippen LogP contribution is -2.25. The maximum Gasteiger partial charge on any atom is 0.220 e. The highest BCUT2D eigenvalue weighted by molar-refractivity contribution is 5.78. The molecule has 0 aromatic carbocycles. The molecule has 0 aromatic heterocycles. The molecule has 0 aromatic rings. The molecule has 1 atom stereocenters. The first-order valence-corrected chi connectivity index (χ1v) is 6.43. The third-order valence-corrected chi connectivity index (χ3v) is 4.43. The molecule has 86 valence electrons. The summed E-state index contributed by atoms with van der Waals surface area (Å²) in [4.78, 5) is 11.2. The van der Waals surface area contributed by atoms with Gasteiger partial charge in [-0.15, -0.1) is 0 Å². The summed E-state index contributed by atoms with van der Waals surface area (Å²) in [6.45, 7) is 5.62. The van der Waals surface area contributed by atoms with Gasteiger partial charge in [0.2, 0.25) is 5.91 Å². The second-order valence-electron chi connectivity index (χ2n) is 5.69. The molecular weight excluding hydrogens is 186 g/mol. The zero-order valence-corrected chi connectivity index (χ0v) is 9.96. The van der Waals surface area contributed by atoms with Crippen LogP contribution in [0.3, 0.4) is 0 Å². The lowest BCUT2D eigenvalue weighted by Gasteiger charge is -2.33. The van der Waals surface area contributed by atoms with Crippen LogP contribution in [0.25, 0.3) is 0 Å². The monoisotopic (exact) mass is 209 g/mol. The molecule has 2 fully saturated rings. The number of carbonyl (C=O) groups excluding carboxylic acids is 1. The average Bonchev–Trinajstić information content (AvgIpc) is 2.65. The van der Waals surface area contributed by atoms with Gasteiger partial charge in [-0.05, 0) is 49.4 Å². The van der Waals surface area contributed by atoms with Crippen molar-refractivity contribution in [3.63, 3.8) is 0 Å². The molecule has 0 radical (unpaired) electrons. The van der Waals surface area contributed by atoms with E-state index in [1.54, 1.807) is 0 Å². The van der Waals surface area contributed by atoms with E-state index >= 15 is 0 Å². The van der Waals surface area contributed by atoms with Crippen LogP contribution in [0.4, 0.5) is 0 Å². The molecule has 2 rings (SSSR count). The number of carbonyl (C=O) groups is 1. The second kappa shape index (κ2) is 4.54. The van der Waals surface area contributed by atoms with Gasteiger partial charge in [0.15, 0.2) is 0 Å². The molecule has 0 bridgehead atoms.